The molecule has 0 aromatic heterocycles. The normalized spacial score (nSPS) is 18.6. The Morgan fingerprint density at radius 1 is 1.75 bits per heavy atom. The Labute approximate surface area is 48.8 Å². The number of Topliss-reactive ketones (excluding diaryl/α,β-unsaturated/α-hetero) is 1. The summed E-state index contributed by atoms with van der Waals surface area (Å²) in [6.45, 7) is 1.85. The second kappa shape index (κ2) is 2.27. The summed E-state index contributed by atoms with van der Waals surface area (Å²) in [6, 6.07) is 0. The number of rotatable bonds is 3. The smallest absolute Gasteiger partial charge is 0.155 e. The van der Waals surface area contributed by atoms with E-state index in [9.17, 15) is 4.79 Å². The fraction of sp³-hybridized carbons (Fsp3) is 0.833. The summed E-state index contributed by atoms with van der Waals surface area (Å²) in [5.74, 6) is 0.122. The molecular weight excluding hydrogens is 104 g/mol. The molecule has 1 aliphatic rings. The summed E-state index contributed by atoms with van der Waals surface area (Å²) in [5.41, 5.74) is 0. The molecule has 0 atom stereocenters. The molecule has 0 saturated heterocycles. The highest BCUT2D eigenvalue weighted by Gasteiger charge is 2.21. The largest absolute Gasteiger partial charge is 0.370 e. The first-order valence-corrected chi connectivity index (χ1v) is 2.90. The minimum atomic E-state index is 0.122. The molecule has 0 amide bonds. The van der Waals surface area contributed by atoms with Crippen molar-refractivity contribution >= 4 is 5.78 Å². The molecule has 1 rings (SSSR count). The summed E-state index contributed by atoms with van der Waals surface area (Å²) in [7, 11) is 0. The topological polar surface area (TPSA) is 26.3 Å². The second-order valence-corrected chi connectivity index (χ2v) is 2.21. The van der Waals surface area contributed by atoms with Crippen LogP contribution in [0, 0.1) is 0 Å². The Morgan fingerprint density at radius 2 is 2.38 bits per heavy atom. The maximum atomic E-state index is 10.3. The zero-order chi connectivity index (χ0) is 5.98. The van der Waals surface area contributed by atoms with Crippen LogP contribution in [0.5, 0.6) is 0 Å². The third-order valence-electron chi connectivity index (χ3n) is 1.05. The Hall–Kier alpha value is -0.370. The Bertz CT molecular complexity index is 94.7. The lowest BCUT2D eigenvalue weighted by Crippen LogP contribution is -2.04. The summed E-state index contributed by atoms with van der Waals surface area (Å²) in [4.78, 5) is 10.3. The number of ether oxygens (including phenoxy) is 1. The van der Waals surface area contributed by atoms with Gasteiger partial charge in [-0.15, -0.1) is 0 Å². The molecule has 0 radical (unpaired) electrons. The molecule has 2 heteroatoms. The van der Waals surface area contributed by atoms with Crippen molar-refractivity contribution < 1.29 is 9.53 Å². The van der Waals surface area contributed by atoms with Crippen molar-refractivity contribution in [2.24, 2.45) is 0 Å². The molecule has 1 saturated carbocycles. The highest BCUT2D eigenvalue weighted by Crippen LogP contribution is 2.22. The van der Waals surface area contributed by atoms with E-state index in [4.69, 9.17) is 4.74 Å². The van der Waals surface area contributed by atoms with Gasteiger partial charge in [0.15, 0.2) is 5.78 Å². The van der Waals surface area contributed by atoms with Gasteiger partial charge in [-0.1, -0.05) is 0 Å². The molecule has 0 N–H and O–H groups in total. The van der Waals surface area contributed by atoms with Gasteiger partial charge >= 0.3 is 0 Å². The number of carbonyl (C=O) groups excluding carboxylic acids is 1. The van der Waals surface area contributed by atoms with Crippen molar-refractivity contribution in [2.45, 2.75) is 25.9 Å². The van der Waals surface area contributed by atoms with E-state index >= 15 is 0 Å². The molecule has 8 heavy (non-hydrogen) atoms. The van der Waals surface area contributed by atoms with Crippen LogP contribution < -0.4 is 0 Å². The third kappa shape index (κ3) is 2.07. The van der Waals surface area contributed by atoms with Crippen molar-refractivity contribution in [3.63, 3.8) is 0 Å². The van der Waals surface area contributed by atoms with Crippen LogP contribution in [0.15, 0.2) is 0 Å². The quantitative estimate of drug-likeness (QED) is 0.541. The average molecular weight is 114 g/mol. The average Bonchev–Trinajstić information content (AvgIpc) is 2.41. The molecule has 0 unspecified atom stereocenters. The maximum Gasteiger partial charge on any atom is 0.155 e. The van der Waals surface area contributed by atoms with Crippen molar-refractivity contribution in [2.75, 3.05) is 6.61 Å². The van der Waals surface area contributed by atoms with Crippen LogP contribution in [-0.2, 0) is 9.53 Å². The van der Waals surface area contributed by atoms with E-state index in [0.717, 1.165) is 12.8 Å². The molecule has 0 spiro atoms. The van der Waals surface area contributed by atoms with E-state index < -0.39 is 0 Å². The van der Waals surface area contributed by atoms with Gasteiger partial charge in [-0.3, -0.25) is 4.79 Å². The monoisotopic (exact) mass is 114 g/mol. The minimum absolute atomic E-state index is 0.122. The van der Waals surface area contributed by atoms with Gasteiger partial charge in [0.1, 0.15) is 6.61 Å². The molecule has 1 fully saturated rings. The molecule has 0 bridgehead atoms. The Balaban J connectivity index is 1.95. The van der Waals surface area contributed by atoms with Crippen LogP contribution in [0.4, 0.5) is 0 Å². The lowest BCUT2D eigenvalue weighted by Gasteiger charge is -1.93. The van der Waals surface area contributed by atoms with Gasteiger partial charge < -0.3 is 4.74 Å². The van der Waals surface area contributed by atoms with Crippen LogP contribution in [0.25, 0.3) is 0 Å². The van der Waals surface area contributed by atoms with Gasteiger partial charge in [0, 0.05) is 0 Å². The summed E-state index contributed by atoms with van der Waals surface area (Å²) >= 11 is 0. The summed E-state index contributed by atoms with van der Waals surface area (Å²) in [6.07, 6.45) is 2.71. The molecule has 0 aromatic rings. The van der Waals surface area contributed by atoms with E-state index in [1.165, 1.54) is 0 Å². The number of ketones is 1. The summed E-state index contributed by atoms with van der Waals surface area (Å²) < 4.78 is 5.06. The van der Waals surface area contributed by atoms with Crippen molar-refractivity contribution in [3.8, 4) is 0 Å². The number of hydrogen-bond donors (Lipinski definition) is 0. The number of carbonyl (C=O) groups is 1. The first kappa shape index (κ1) is 5.76. The van der Waals surface area contributed by atoms with Crippen LogP contribution in [0.3, 0.4) is 0 Å². The molecule has 0 heterocycles. The lowest BCUT2D eigenvalue weighted by atomic mass is 10.5. The van der Waals surface area contributed by atoms with E-state index in [0.29, 0.717) is 12.7 Å². The van der Waals surface area contributed by atoms with Gasteiger partial charge in [-0.05, 0) is 19.8 Å². The lowest BCUT2D eigenvalue weighted by molar-refractivity contribution is -0.121. The molecule has 2 nitrogen and oxygen atoms in total. The SMILES string of the molecule is CC(=O)COC1CC1. The van der Waals surface area contributed by atoms with Crippen LogP contribution in [-0.4, -0.2) is 18.5 Å². The van der Waals surface area contributed by atoms with Crippen molar-refractivity contribution in [1.82, 2.24) is 0 Å². The molecule has 0 aromatic carbocycles. The minimum Gasteiger partial charge on any atom is -0.370 e. The molecule has 1 aliphatic carbocycles. The first-order valence-electron chi connectivity index (χ1n) is 2.90. The van der Waals surface area contributed by atoms with Crippen LogP contribution in [0.2, 0.25) is 0 Å². The van der Waals surface area contributed by atoms with Crippen molar-refractivity contribution in [3.05, 3.63) is 0 Å². The van der Waals surface area contributed by atoms with Gasteiger partial charge in [0.2, 0.25) is 0 Å². The van der Waals surface area contributed by atoms with Gasteiger partial charge in [0.05, 0.1) is 6.10 Å². The van der Waals surface area contributed by atoms with E-state index in [2.05, 4.69) is 0 Å². The zero-order valence-electron chi connectivity index (χ0n) is 5.02. The number of hydrogen-bond acceptors (Lipinski definition) is 2. The van der Waals surface area contributed by atoms with Crippen LogP contribution >= 0.6 is 0 Å². The van der Waals surface area contributed by atoms with Gasteiger partial charge in [-0.25, -0.2) is 0 Å². The predicted molar refractivity (Wildman–Crippen MR) is 29.7 cm³/mol. The Kier molecular flexibility index (Phi) is 1.63. The zero-order valence-corrected chi connectivity index (χ0v) is 5.02. The standard InChI is InChI=1S/C6H10O2/c1-5(7)4-8-6-2-3-6/h6H,2-4H2,1H3. The molecule has 0 aliphatic heterocycles. The van der Waals surface area contributed by atoms with Crippen molar-refractivity contribution in [1.29, 1.82) is 0 Å². The fourth-order valence-electron chi connectivity index (χ4n) is 0.470. The molecular formula is C6H10O2. The van der Waals surface area contributed by atoms with Gasteiger partial charge in [0.25, 0.3) is 0 Å². The van der Waals surface area contributed by atoms with E-state index in [1.54, 1.807) is 6.92 Å². The second-order valence-electron chi connectivity index (χ2n) is 2.21. The van der Waals surface area contributed by atoms with Crippen LogP contribution in [0.1, 0.15) is 19.8 Å². The fourth-order valence-corrected chi connectivity index (χ4v) is 0.470. The van der Waals surface area contributed by atoms with Gasteiger partial charge in [-0.2, -0.15) is 0 Å². The maximum absolute atomic E-state index is 10.3. The van der Waals surface area contributed by atoms with E-state index in [1.807, 2.05) is 0 Å². The predicted octanol–water partition coefficient (Wildman–Crippen LogP) is 0.754. The highest BCUT2D eigenvalue weighted by atomic mass is 16.5. The summed E-state index contributed by atoms with van der Waals surface area (Å²) in [5, 5.41) is 0. The highest BCUT2D eigenvalue weighted by molar-refractivity contribution is 5.76. The molecule has 46 valence electrons. The third-order valence-corrected chi connectivity index (χ3v) is 1.05. The Morgan fingerprint density at radius 3 is 2.75 bits per heavy atom. The first-order chi connectivity index (χ1) is 3.79. The van der Waals surface area contributed by atoms with E-state index in [-0.39, 0.29) is 5.78 Å².